The van der Waals surface area contributed by atoms with Gasteiger partial charge in [-0.3, -0.25) is 0 Å². The molecule has 0 aliphatic rings. The minimum Gasteiger partial charge on any atom is -0.388 e. The number of fused-ring (bicyclic) bond motifs is 1. The Morgan fingerprint density at radius 1 is 0.800 bits per heavy atom. The molecule has 0 saturated carbocycles. The van der Waals surface area contributed by atoms with Gasteiger partial charge in [-0.1, -0.05) is 60.7 Å². The quantitative estimate of drug-likeness (QED) is 0.751. The van der Waals surface area contributed by atoms with E-state index in [4.69, 9.17) is 0 Å². The molecule has 0 spiro atoms. The van der Waals surface area contributed by atoms with Gasteiger partial charge in [0.15, 0.2) is 0 Å². The second-order valence-electron chi connectivity index (χ2n) is 4.89. The molecule has 0 amide bonds. The summed E-state index contributed by atoms with van der Waals surface area (Å²) >= 11 is 0. The van der Waals surface area contributed by atoms with Crippen molar-refractivity contribution in [3.63, 3.8) is 0 Å². The maximum atomic E-state index is 13.8. The highest BCUT2D eigenvalue weighted by atomic mass is 19.1. The van der Waals surface area contributed by atoms with Crippen LogP contribution in [0.3, 0.4) is 0 Å². The summed E-state index contributed by atoms with van der Waals surface area (Å²) in [4.78, 5) is 0. The molecule has 3 aromatic rings. The first-order chi connectivity index (χ1) is 9.75. The number of benzene rings is 3. The summed E-state index contributed by atoms with van der Waals surface area (Å²) in [6.07, 6.45) is -0.112. The lowest BCUT2D eigenvalue weighted by atomic mass is 9.96. The van der Waals surface area contributed by atoms with Crippen molar-refractivity contribution in [2.75, 3.05) is 0 Å². The fraction of sp³-hybridized carbons (Fsp3) is 0.111. The third kappa shape index (κ3) is 2.43. The summed E-state index contributed by atoms with van der Waals surface area (Å²) in [6.45, 7) is 0. The second kappa shape index (κ2) is 5.43. The summed E-state index contributed by atoms with van der Waals surface area (Å²) in [5, 5.41) is 11.8. The molecule has 0 radical (unpaired) electrons. The zero-order valence-electron chi connectivity index (χ0n) is 11.0. The van der Waals surface area contributed by atoms with Crippen LogP contribution in [0.4, 0.5) is 4.39 Å². The number of hydrogen-bond acceptors (Lipinski definition) is 1. The molecule has 20 heavy (non-hydrogen) atoms. The molecule has 0 heterocycles. The Hall–Kier alpha value is -2.19. The van der Waals surface area contributed by atoms with Crippen LogP contribution in [-0.4, -0.2) is 5.11 Å². The maximum Gasteiger partial charge on any atom is 0.131 e. The van der Waals surface area contributed by atoms with E-state index in [0.717, 1.165) is 16.5 Å². The fourth-order valence-corrected chi connectivity index (χ4v) is 2.52. The molecule has 0 aliphatic heterocycles. The van der Waals surface area contributed by atoms with E-state index in [9.17, 15) is 9.50 Å². The minimum absolute atomic E-state index is 0.253. The van der Waals surface area contributed by atoms with Gasteiger partial charge in [-0.25, -0.2) is 4.39 Å². The molecule has 2 heteroatoms. The highest BCUT2D eigenvalue weighted by Gasteiger charge is 2.13. The van der Waals surface area contributed by atoms with Crippen LogP contribution in [0.15, 0.2) is 66.7 Å². The average Bonchev–Trinajstić information content (AvgIpc) is 2.49. The number of aliphatic hydroxyl groups excluding tert-OH is 1. The van der Waals surface area contributed by atoms with Crippen LogP contribution < -0.4 is 0 Å². The smallest absolute Gasteiger partial charge is 0.131 e. The first-order valence-electron chi connectivity index (χ1n) is 6.65. The van der Waals surface area contributed by atoms with E-state index >= 15 is 0 Å². The molecule has 1 unspecified atom stereocenters. The van der Waals surface area contributed by atoms with E-state index in [1.807, 2.05) is 42.5 Å². The molecular formula is C18H15FO. The Bertz CT molecular complexity index is 722. The number of halogens is 1. The lowest BCUT2D eigenvalue weighted by Crippen LogP contribution is -2.03. The van der Waals surface area contributed by atoms with Crippen molar-refractivity contribution in [2.45, 2.75) is 12.5 Å². The molecule has 3 rings (SSSR count). The van der Waals surface area contributed by atoms with Crippen LogP contribution >= 0.6 is 0 Å². The Morgan fingerprint density at radius 2 is 1.45 bits per heavy atom. The number of hydrogen-bond donors (Lipinski definition) is 1. The van der Waals surface area contributed by atoms with Gasteiger partial charge in [0.25, 0.3) is 0 Å². The Labute approximate surface area is 117 Å². The number of aliphatic hydroxyl groups is 1. The molecule has 1 atom stereocenters. The van der Waals surface area contributed by atoms with Crippen molar-refractivity contribution in [3.05, 3.63) is 83.7 Å². The van der Waals surface area contributed by atoms with Crippen LogP contribution in [0.25, 0.3) is 10.8 Å². The van der Waals surface area contributed by atoms with Gasteiger partial charge < -0.3 is 5.11 Å². The predicted octanol–water partition coefficient (Wildman–Crippen LogP) is 4.26. The zero-order chi connectivity index (χ0) is 13.9. The lowest BCUT2D eigenvalue weighted by molar-refractivity contribution is 0.180. The van der Waals surface area contributed by atoms with Crippen LogP contribution in [0.5, 0.6) is 0 Å². The fourth-order valence-electron chi connectivity index (χ4n) is 2.52. The average molecular weight is 266 g/mol. The Morgan fingerprint density at radius 3 is 2.20 bits per heavy atom. The van der Waals surface area contributed by atoms with Gasteiger partial charge >= 0.3 is 0 Å². The predicted molar refractivity (Wildman–Crippen MR) is 79.0 cm³/mol. The monoisotopic (exact) mass is 266 g/mol. The topological polar surface area (TPSA) is 20.2 Å². The summed E-state index contributed by atoms with van der Waals surface area (Å²) in [5.74, 6) is -0.253. The van der Waals surface area contributed by atoms with Crippen LogP contribution in [-0.2, 0) is 6.42 Å². The van der Waals surface area contributed by atoms with Gasteiger partial charge in [-0.05, 0) is 22.6 Å². The van der Waals surface area contributed by atoms with Gasteiger partial charge in [0.1, 0.15) is 5.82 Å². The third-order valence-corrected chi connectivity index (χ3v) is 3.54. The van der Waals surface area contributed by atoms with Crippen LogP contribution in [0, 0.1) is 5.82 Å². The highest BCUT2D eigenvalue weighted by molar-refractivity contribution is 5.86. The van der Waals surface area contributed by atoms with Crippen molar-refractivity contribution in [2.24, 2.45) is 0 Å². The van der Waals surface area contributed by atoms with Crippen molar-refractivity contribution in [3.8, 4) is 0 Å². The van der Waals surface area contributed by atoms with Crippen LogP contribution in [0.2, 0.25) is 0 Å². The molecule has 1 nitrogen and oxygen atoms in total. The summed E-state index contributed by atoms with van der Waals surface area (Å²) in [6, 6.07) is 20.2. The SMILES string of the molecule is OC(Cc1ccccc1)c1ccc(F)c2ccccc12. The first-order valence-corrected chi connectivity index (χ1v) is 6.65. The van der Waals surface area contributed by atoms with E-state index in [1.54, 1.807) is 18.2 Å². The number of rotatable bonds is 3. The van der Waals surface area contributed by atoms with Gasteiger partial charge in [0.2, 0.25) is 0 Å². The van der Waals surface area contributed by atoms with E-state index in [2.05, 4.69) is 0 Å². The third-order valence-electron chi connectivity index (χ3n) is 3.54. The van der Waals surface area contributed by atoms with Crippen molar-refractivity contribution >= 4 is 10.8 Å². The molecule has 0 fully saturated rings. The van der Waals surface area contributed by atoms with Crippen molar-refractivity contribution < 1.29 is 9.50 Å². The lowest BCUT2D eigenvalue weighted by Gasteiger charge is -2.14. The molecule has 0 aromatic heterocycles. The van der Waals surface area contributed by atoms with Gasteiger partial charge in [-0.15, -0.1) is 0 Å². The van der Waals surface area contributed by atoms with Gasteiger partial charge in [-0.2, -0.15) is 0 Å². The Balaban J connectivity index is 2.00. The summed E-state index contributed by atoms with van der Waals surface area (Å²) in [5.41, 5.74) is 1.83. The van der Waals surface area contributed by atoms with E-state index in [1.165, 1.54) is 6.07 Å². The summed E-state index contributed by atoms with van der Waals surface area (Å²) in [7, 11) is 0. The van der Waals surface area contributed by atoms with E-state index in [0.29, 0.717) is 11.8 Å². The molecule has 3 aromatic carbocycles. The van der Waals surface area contributed by atoms with E-state index < -0.39 is 6.10 Å². The molecule has 100 valence electrons. The second-order valence-corrected chi connectivity index (χ2v) is 4.89. The standard InChI is InChI=1S/C18H15FO/c19-17-11-10-16(14-8-4-5-9-15(14)17)18(20)12-13-6-2-1-3-7-13/h1-11,18,20H,12H2. The molecule has 1 N–H and O–H groups in total. The van der Waals surface area contributed by atoms with Crippen molar-refractivity contribution in [1.82, 2.24) is 0 Å². The maximum absolute atomic E-state index is 13.8. The molecule has 0 saturated heterocycles. The normalized spacial score (nSPS) is 12.5. The molecular weight excluding hydrogens is 251 g/mol. The summed E-state index contributed by atoms with van der Waals surface area (Å²) < 4.78 is 13.8. The largest absolute Gasteiger partial charge is 0.388 e. The van der Waals surface area contributed by atoms with Gasteiger partial charge in [0.05, 0.1) is 6.10 Å². The molecule has 0 aliphatic carbocycles. The van der Waals surface area contributed by atoms with Gasteiger partial charge in [0, 0.05) is 11.8 Å². The van der Waals surface area contributed by atoms with Crippen LogP contribution in [0.1, 0.15) is 17.2 Å². The minimum atomic E-state index is -0.636. The highest BCUT2D eigenvalue weighted by Crippen LogP contribution is 2.28. The zero-order valence-corrected chi connectivity index (χ0v) is 11.0. The first kappa shape index (κ1) is 12.8. The van der Waals surface area contributed by atoms with E-state index in [-0.39, 0.29) is 5.82 Å². The van der Waals surface area contributed by atoms with Crippen molar-refractivity contribution in [1.29, 1.82) is 0 Å². The Kier molecular flexibility index (Phi) is 3.48. The molecule has 0 bridgehead atoms.